The minimum atomic E-state index is -0.424. The Kier molecular flexibility index (Phi) is 4.05. The molecule has 0 amide bonds. The molecule has 0 saturated carbocycles. The third-order valence-electron chi connectivity index (χ3n) is 3.02. The number of benzene rings is 2. The molecule has 0 aliphatic heterocycles. The monoisotopic (exact) mass is 259 g/mol. The van der Waals surface area contributed by atoms with Gasteiger partial charge >= 0.3 is 0 Å². The van der Waals surface area contributed by atoms with E-state index in [1.54, 1.807) is 6.07 Å². The molecule has 2 N–H and O–H groups in total. The van der Waals surface area contributed by atoms with Crippen molar-refractivity contribution in [3.8, 4) is 5.75 Å². The Morgan fingerprint density at radius 1 is 1.11 bits per heavy atom. The molecule has 0 bridgehead atoms. The Bertz CT molecular complexity index is 529. The van der Waals surface area contributed by atoms with Crippen LogP contribution in [-0.4, -0.2) is 5.11 Å². The smallest absolute Gasteiger partial charge is 0.127 e. The van der Waals surface area contributed by atoms with Gasteiger partial charge in [0.05, 0.1) is 0 Å². The van der Waals surface area contributed by atoms with Gasteiger partial charge in [0.1, 0.15) is 11.6 Å². The van der Waals surface area contributed by atoms with E-state index in [0.29, 0.717) is 18.0 Å². The third-order valence-corrected chi connectivity index (χ3v) is 3.02. The fourth-order valence-electron chi connectivity index (χ4n) is 1.93. The first-order chi connectivity index (χ1) is 9.04. The van der Waals surface area contributed by atoms with Crippen LogP contribution in [0.1, 0.15) is 30.9 Å². The molecule has 2 aromatic rings. The molecule has 0 radical (unpaired) electrons. The average Bonchev–Trinajstić information content (AvgIpc) is 2.36. The Morgan fingerprint density at radius 3 is 2.37 bits per heavy atom. The van der Waals surface area contributed by atoms with Gasteiger partial charge in [0.25, 0.3) is 0 Å². The molecular formula is C16H18FNO. The van der Waals surface area contributed by atoms with Crippen LogP contribution in [0.4, 0.5) is 10.1 Å². The predicted octanol–water partition coefficient (Wildman–Crippen LogP) is 4.27. The van der Waals surface area contributed by atoms with Crippen molar-refractivity contribution in [3.05, 3.63) is 59.4 Å². The summed E-state index contributed by atoms with van der Waals surface area (Å²) in [6.45, 7) is 4.78. The number of phenolic OH excluding ortho intramolecular Hbond substituents is 1. The minimum absolute atomic E-state index is 0.0491. The lowest BCUT2D eigenvalue weighted by Gasteiger charge is -2.09. The van der Waals surface area contributed by atoms with Gasteiger partial charge in [0, 0.05) is 18.3 Å². The van der Waals surface area contributed by atoms with E-state index < -0.39 is 5.82 Å². The van der Waals surface area contributed by atoms with E-state index in [2.05, 4.69) is 31.3 Å². The van der Waals surface area contributed by atoms with E-state index in [1.165, 1.54) is 11.6 Å². The Hall–Kier alpha value is -2.03. The second-order valence-corrected chi connectivity index (χ2v) is 4.95. The molecular weight excluding hydrogens is 241 g/mol. The summed E-state index contributed by atoms with van der Waals surface area (Å²) in [4.78, 5) is 0. The number of aromatic hydroxyl groups is 1. The number of halogens is 1. The molecule has 2 nitrogen and oxygen atoms in total. The maximum absolute atomic E-state index is 13.1. The summed E-state index contributed by atoms with van der Waals surface area (Å²) >= 11 is 0. The van der Waals surface area contributed by atoms with Gasteiger partial charge < -0.3 is 10.4 Å². The number of hydrogen-bond donors (Lipinski definition) is 2. The molecule has 0 fully saturated rings. The van der Waals surface area contributed by atoms with Crippen molar-refractivity contribution in [1.29, 1.82) is 0 Å². The van der Waals surface area contributed by atoms with Crippen LogP contribution in [-0.2, 0) is 6.54 Å². The van der Waals surface area contributed by atoms with Gasteiger partial charge in [-0.2, -0.15) is 0 Å². The van der Waals surface area contributed by atoms with Crippen molar-refractivity contribution in [2.24, 2.45) is 0 Å². The molecule has 3 heteroatoms. The molecule has 0 unspecified atom stereocenters. The molecule has 0 atom stereocenters. The number of rotatable bonds is 4. The van der Waals surface area contributed by atoms with Crippen molar-refractivity contribution in [2.45, 2.75) is 26.3 Å². The number of nitrogens with one attached hydrogen (secondary N) is 1. The predicted molar refractivity (Wildman–Crippen MR) is 75.9 cm³/mol. The van der Waals surface area contributed by atoms with Gasteiger partial charge in [0.2, 0.25) is 0 Å². The summed E-state index contributed by atoms with van der Waals surface area (Å²) in [5.41, 5.74) is 2.98. The maximum Gasteiger partial charge on any atom is 0.127 e. The fourth-order valence-corrected chi connectivity index (χ4v) is 1.93. The molecule has 2 aromatic carbocycles. The highest BCUT2D eigenvalue weighted by Crippen LogP contribution is 2.19. The molecule has 0 spiro atoms. The van der Waals surface area contributed by atoms with Gasteiger partial charge in [-0.1, -0.05) is 26.0 Å². The van der Waals surface area contributed by atoms with Crippen LogP contribution >= 0.6 is 0 Å². The van der Waals surface area contributed by atoms with Crippen LogP contribution in [0.25, 0.3) is 0 Å². The quantitative estimate of drug-likeness (QED) is 0.859. The summed E-state index contributed by atoms with van der Waals surface area (Å²) in [6, 6.07) is 12.2. The SMILES string of the molecule is CC(C)c1ccc(NCc2cc(O)cc(F)c2)cc1. The molecule has 2 rings (SSSR count). The molecule has 19 heavy (non-hydrogen) atoms. The van der Waals surface area contributed by atoms with Crippen LogP contribution in [0.15, 0.2) is 42.5 Å². The van der Waals surface area contributed by atoms with Gasteiger partial charge in [-0.3, -0.25) is 0 Å². The summed E-state index contributed by atoms with van der Waals surface area (Å²) in [7, 11) is 0. The molecule has 100 valence electrons. The molecule has 0 aliphatic carbocycles. The van der Waals surface area contributed by atoms with Crippen LogP contribution in [0.3, 0.4) is 0 Å². The first kappa shape index (κ1) is 13.4. The third kappa shape index (κ3) is 3.71. The molecule has 0 aromatic heterocycles. The summed E-state index contributed by atoms with van der Waals surface area (Å²) in [5, 5.41) is 12.5. The Labute approximate surface area is 112 Å². The van der Waals surface area contributed by atoms with Gasteiger partial charge in [0.15, 0.2) is 0 Å². The zero-order valence-electron chi connectivity index (χ0n) is 11.2. The Balaban J connectivity index is 2.02. The van der Waals surface area contributed by atoms with E-state index in [4.69, 9.17) is 0 Å². The highest BCUT2D eigenvalue weighted by atomic mass is 19.1. The van der Waals surface area contributed by atoms with E-state index in [1.807, 2.05) is 12.1 Å². The molecule has 0 heterocycles. The number of anilines is 1. The lowest BCUT2D eigenvalue weighted by molar-refractivity contribution is 0.468. The van der Waals surface area contributed by atoms with Crippen molar-refractivity contribution >= 4 is 5.69 Å². The molecule has 0 saturated heterocycles. The zero-order chi connectivity index (χ0) is 13.8. The first-order valence-electron chi connectivity index (χ1n) is 6.37. The highest BCUT2D eigenvalue weighted by Gasteiger charge is 2.01. The lowest BCUT2D eigenvalue weighted by atomic mass is 10.0. The van der Waals surface area contributed by atoms with Crippen molar-refractivity contribution < 1.29 is 9.50 Å². The van der Waals surface area contributed by atoms with E-state index in [0.717, 1.165) is 11.8 Å². The van der Waals surface area contributed by atoms with Crippen molar-refractivity contribution in [3.63, 3.8) is 0 Å². The zero-order valence-corrected chi connectivity index (χ0v) is 11.2. The summed E-state index contributed by atoms with van der Waals surface area (Å²) in [6.07, 6.45) is 0. The minimum Gasteiger partial charge on any atom is -0.508 e. The van der Waals surface area contributed by atoms with Crippen molar-refractivity contribution in [2.75, 3.05) is 5.32 Å². The molecule has 0 aliphatic rings. The highest BCUT2D eigenvalue weighted by molar-refractivity contribution is 5.46. The normalized spacial score (nSPS) is 10.7. The second kappa shape index (κ2) is 5.74. The topological polar surface area (TPSA) is 32.3 Å². The number of phenols is 1. The standard InChI is InChI=1S/C16H18FNO/c1-11(2)13-3-5-15(6-4-13)18-10-12-7-14(17)9-16(19)8-12/h3-9,11,18-19H,10H2,1-2H3. The largest absolute Gasteiger partial charge is 0.508 e. The van der Waals surface area contributed by atoms with E-state index in [9.17, 15) is 9.50 Å². The van der Waals surface area contributed by atoms with Crippen LogP contribution < -0.4 is 5.32 Å². The van der Waals surface area contributed by atoms with E-state index in [-0.39, 0.29) is 5.75 Å². The van der Waals surface area contributed by atoms with Crippen LogP contribution in [0.5, 0.6) is 5.75 Å². The van der Waals surface area contributed by atoms with Crippen LogP contribution in [0, 0.1) is 5.82 Å². The van der Waals surface area contributed by atoms with E-state index >= 15 is 0 Å². The van der Waals surface area contributed by atoms with Gasteiger partial charge in [-0.25, -0.2) is 4.39 Å². The summed E-state index contributed by atoms with van der Waals surface area (Å²) < 4.78 is 13.1. The number of hydrogen-bond acceptors (Lipinski definition) is 2. The average molecular weight is 259 g/mol. The van der Waals surface area contributed by atoms with Crippen LogP contribution in [0.2, 0.25) is 0 Å². The maximum atomic E-state index is 13.1. The summed E-state index contributed by atoms with van der Waals surface area (Å²) in [5.74, 6) is 0.0353. The lowest BCUT2D eigenvalue weighted by Crippen LogP contribution is -2.00. The first-order valence-corrected chi connectivity index (χ1v) is 6.37. The fraction of sp³-hybridized carbons (Fsp3) is 0.250. The van der Waals surface area contributed by atoms with Crippen molar-refractivity contribution in [1.82, 2.24) is 0 Å². The van der Waals surface area contributed by atoms with Gasteiger partial charge in [-0.05, 0) is 41.3 Å². The second-order valence-electron chi connectivity index (χ2n) is 4.95. The Morgan fingerprint density at radius 2 is 1.79 bits per heavy atom. The van der Waals surface area contributed by atoms with Gasteiger partial charge in [-0.15, -0.1) is 0 Å².